The number of anilines is 1. The van der Waals surface area contributed by atoms with Crippen LogP contribution in [0.25, 0.3) is 16.7 Å². The van der Waals surface area contributed by atoms with E-state index in [0.717, 1.165) is 11.3 Å². The number of hydrogen-bond acceptors (Lipinski definition) is 6. The Balaban J connectivity index is 1.81. The number of aliphatic hydroxyl groups is 1. The van der Waals surface area contributed by atoms with E-state index in [0.29, 0.717) is 37.8 Å². The quantitative estimate of drug-likeness (QED) is 0.307. The summed E-state index contributed by atoms with van der Waals surface area (Å²) < 4.78 is 15.1. The first-order chi connectivity index (χ1) is 17.1. The number of amides is 1. The predicted octanol–water partition coefficient (Wildman–Crippen LogP) is 2.41. The van der Waals surface area contributed by atoms with Gasteiger partial charge in [-0.3, -0.25) is 14.4 Å². The fourth-order valence-corrected chi connectivity index (χ4v) is 4.22. The summed E-state index contributed by atoms with van der Waals surface area (Å²) in [5.74, 6) is -4.26. The molecule has 2 heterocycles. The van der Waals surface area contributed by atoms with E-state index in [1.165, 1.54) is 25.3 Å². The molecule has 2 N–H and O–H groups in total. The number of carboxylic acid groups (broad SMARTS) is 1. The van der Waals surface area contributed by atoms with Crippen molar-refractivity contribution < 1.29 is 29.0 Å². The lowest BCUT2D eigenvalue weighted by Crippen LogP contribution is -2.48. The van der Waals surface area contributed by atoms with E-state index in [2.05, 4.69) is 4.90 Å². The van der Waals surface area contributed by atoms with Gasteiger partial charge in [-0.2, -0.15) is 0 Å². The topological polar surface area (TPSA) is 120 Å². The number of carbonyl (C=O) groups excluding carboxylic acids is 2. The second-order valence-electron chi connectivity index (χ2n) is 8.52. The summed E-state index contributed by atoms with van der Waals surface area (Å²) >= 11 is 0. The molecule has 186 valence electrons. The third-order valence-corrected chi connectivity index (χ3v) is 6.18. The van der Waals surface area contributed by atoms with Crippen molar-refractivity contribution in [1.29, 1.82) is 0 Å². The number of carbonyl (C=O) groups is 3. The highest BCUT2D eigenvalue weighted by molar-refractivity contribution is 6.38. The van der Waals surface area contributed by atoms with Crippen molar-refractivity contribution in [2.75, 3.05) is 31.1 Å². The lowest BCUT2D eigenvalue weighted by atomic mass is 10.1. The third-order valence-electron chi connectivity index (χ3n) is 6.18. The van der Waals surface area contributed by atoms with Crippen LogP contribution in [0, 0.1) is 5.82 Å². The maximum absolute atomic E-state index is 13.4. The highest BCUT2D eigenvalue weighted by atomic mass is 19.1. The van der Waals surface area contributed by atoms with Crippen LogP contribution in [0.2, 0.25) is 0 Å². The van der Waals surface area contributed by atoms with Crippen LogP contribution in [0.1, 0.15) is 18.1 Å². The number of halogens is 1. The molecule has 0 radical (unpaired) electrons. The molecule has 1 aliphatic heterocycles. The molecule has 1 fully saturated rings. The summed E-state index contributed by atoms with van der Waals surface area (Å²) in [4.78, 5) is 51.2. The van der Waals surface area contributed by atoms with Gasteiger partial charge in [-0.25, -0.2) is 9.18 Å². The van der Waals surface area contributed by atoms with E-state index in [1.807, 2.05) is 6.07 Å². The maximum atomic E-state index is 13.4. The number of benzene rings is 2. The zero-order valence-electron chi connectivity index (χ0n) is 19.5. The Morgan fingerprint density at radius 1 is 1.00 bits per heavy atom. The molecule has 1 aliphatic rings. The molecule has 4 rings (SSSR count). The summed E-state index contributed by atoms with van der Waals surface area (Å²) in [7, 11) is 0. The molecule has 0 aliphatic carbocycles. The smallest absolute Gasteiger partial charge is 0.376 e. The van der Waals surface area contributed by atoms with E-state index in [-0.39, 0.29) is 23.4 Å². The number of pyridine rings is 1. The van der Waals surface area contributed by atoms with Gasteiger partial charge in [0.1, 0.15) is 11.6 Å². The van der Waals surface area contributed by atoms with Crippen LogP contribution in [0.4, 0.5) is 10.1 Å². The van der Waals surface area contributed by atoms with Gasteiger partial charge in [0.05, 0.1) is 11.1 Å². The molecule has 0 bridgehead atoms. The van der Waals surface area contributed by atoms with Crippen molar-refractivity contribution >= 4 is 40.0 Å². The molecule has 3 aromatic rings. The minimum atomic E-state index is -1.76. The molecule has 1 amide bonds. The molecule has 36 heavy (non-hydrogen) atoms. The van der Waals surface area contributed by atoms with Crippen LogP contribution in [0.3, 0.4) is 0 Å². The van der Waals surface area contributed by atoms with Crippen LogP contribution in [-0.2, 0) is 20.9 Å². The van der Waals surface area contributed by atoms with E-state index < -0.39 is 28.8 Å². The molecule has 0 unspecified atom stereocenters. The molecule has 0 saturated carbocycles. The maximum Gasteiger partial charge on any atom is 0.376 e. The first-order valence-corrected chi connectivity index (χ1v) is 11.2. The normalized spacial score (nSPS) is 14.2. The van der Waals surface area contributed by atoms with Gasteiger partial charge in [0, 0.05) is 63.0 Å². The second-order valence-corrected chi connectivity index (χ2v) is 8.52. The van der Waals surface area contributed by atoms with Gasteiger partial charge in [-0.15, -0.1) is 0 Å². The van der Waals surface area contributed by atoms with Gasteiger partial charge >= 0.3 is 5.97 Å². The zero-order chi connectivity index (χ0) is 26.0. The summed E-state index contributed by atoms with van der Waals surface area (Å²) in [5.41, 5.74) is 1.29. The Morgan fingerprint density at radius 2 is 1.67 bits per heavy atom. The number of piperazine rings is 1. The molecule has 0 atom stereocenters. The molecular formula is C26H24FN3O6. The van der Waals surface area contributed by atoms with Gasteiger partial charge < -0.3 is 24.6 Å². The first kappa shape index (κ1) is 24.6. The molecular weight excluding hydrogens is 469 g/mol. The number of nitrogens with zero attached hydrogens (tertiary/aromatic N) is 3. The van der Waals surface area contributed by atoms with Gasteiger partial charge in [0.25, 0.3) is 5.78 Å². The Morgan fingerprint density at radius 3 is 2.28 bits per heavy atom. The number of aliphatic carboxylic acids is 1. The van der Waals surface area contributed by atoms with E-state index >= 15 is 0 Å². The Kier molecular flexibility index (Phi) is 6.86. The molecule has 0 spiro atoms. The van der Waals surface area contributed by atoms with E-state index in [1.54, 1.807) is 33.7 Å². The van der Waals surface area contributed by atoms with Crippen LogP contribution in [0.15, 0.2) is 59.5 Å². The highest BCUT2D eigenvalue weighted by Gasteiger charge is 2.21. The van der Waals surface area contributed by atoms with E-state index in [9.17, 15) is 28.7 Å². The number of carboxylic acids is 1. The first-order valence-electron chi connectivity index (χ1n) is 11.2. The molecule has 1 aromatic heterocycles. The van der Waals surface area contributed by atoms with Gasteiger partial charge in [0.2, 0.25) is 5.91 Å². The van der Waals surface area contributed by atoms with Crippen molar-refractivity contribution in [3.63, 3.8) is 0 Å². The number of aliphatic hydroxyl groups excluding tert-OH is 1. The fraction of sp³-hybridized carbons (Fsp3) is 0.231. The molecule has 2 aromatic carbocycles. The second kappa shape index (κ2) is 10.0. The van der Waals surface area contributed by atoms with Gasteiger partial charge in [-0.05, 0) is 35.9 Å². The molecule has 10 heteroatoms. The monoisotopic (exact) mass is 493 g/mol. The van der Waals surface area contributed by atoms with Crippen molar-refractivity contribution in [1.82, 2.24) is 9.47 Å². The van der Waals surface area contributed by atoms with Crippen molar-refractivity contribution in [2.45, 2.75) is 13.5 Å². The average molecular weight is 493 g/mol. The minimum absolute atomic E-state index is 0.0167. The Labute approximate surface area is 205 Å². The third kappa shape index (κ3) is 5.12. The number of fused-ring (bicyclic) bond motifs is 1. The predicted molar refractivity (Wildman–Crippen MR) is 131 cm³/mol. The SMILES string of the molecule is CC(=O)N1CCN(c2ccc3c(=O)c(C(O)=CC(=O)C(=O)O)cn(Cc4ccc(F)cc4)c3c2)CC1. The number of aromatic nitrogens is 1. The van der Waals surface area contributed by atoms with Crippen molar-refractivity contribution in [2.24, 2.45) is 0 Å². The number of hydrogen-bond donors (Lipinski definition) is 2. The van der Waals surface area contributed by atoms with E-state index in [4.69, 9.17) is 5.11 Å². The highest BCUT2D eigenvalue weighted by Crippen LogP contribution is 2.24. The van der Waals surface area contributed by atoms with Crippen LogP contribution in [-0.4, -0.2) is 63.5 Å². The number of ketones is 1. The van der Waals surface area contributed by atoms with Gasteiger partial charge in [0.15, 0.2) is 5.43 Å². The van der Waals surface area contributed by atoms with Crippen molar-refractivity contribution in [3.05, 3.63) is 81.9 Å². The fourth-order valence-electron chi connectivity index (χ4n) is 4.22. The average Bonchev–Trinajstić information content (AvgIpc) is 2.86. The summed E-state index contributed by atoms with van der Waals surface area (Å²) in [6, 6.07) is 11.0. The summed E-state index contributed by atoms with van der Waals surface area (Å²) in [5, 5.41) is 19.5. The standard InChI is InChI=1S/C26H24FN3O6/c1-16(31)28-8-10-29(11-9-28)19-6-7-20-22(12-19)30(14-17-2-4-18(27)5-3-17)15-21(25(20)34)23(32)13-24(33)26(35)36/h2-7,12-13,15,32H,8-11,14H2,1H3,(H,35,36). The zero-order valence-corrected chi connectivity index (χ0v) is 19.5. The van der Waals surface area contributed by atoms with Crippen LogP contribution < -0.4 is 10.3 Å². The molecule has 9 nitrogen and oxygen atoms in total. The number of rotatable bonds is 6. The minimum Gasteiger partial charge on any atom is -0.507 e. The Bertz CT molecular complexity index is 1440. The molecule has 1 saturated heterocycles. The summed E-state index contributed by atoms with van der Waals surface area (Å²) in [6.07, 6.45) is 1.85. The van der Waals surface area contributed by atoms with Gasteiger partial charge in [-0.1, -0.05) is 12.1 Å². The summed E-state index contributed by atoms with van der Waals surface area (Å²) in [6.45, 7) is 4.13. The van der Waals surface area contributed by atoms with Crippen LogP contribution in [0.5, 0.6) is 0 Å². The lowest BCUT2D eigenvalue weighted by molar-refractivity contribution is -0.146. The largest absolute Gasteiger partial charge is 0.507 e. The van der Waals surface area contributed by atoms with Crippen LogP contribution >= 0.6 is 0 Å². The van der Waals surface area contributed by atoms with Crippen molar-refractivity contribution in [3.8, 4) is 0 Å². The Hall–Kier alpha value is -4.47. The lowest BCUT2D eigenvalue weighted by Gasteiger charge is -2.35.